The van der Waals surface area contributed by atoms with Crippen molar-refractivity contribution in [3.8, 4) is 5.75 Å². The lowest BCUT2D eigenvalue weighted by Crippen LogP contribution is -2.42. The van der Waals surface area contributed by atoms with Crippen molar-refractivity contribution in [2.24, 2.45) is 4.99 Å². The molecule has 0 aliphatic carbocycles. The summed E-state index contributed by atoms with van der Waals surface area (Å²) in [6, 6.07) is 10.1. The zero-order valence-corrected chi connectivity index (χ0v) is 21.2. The van der Waals surface area contributed by atoms with Gasteiger partial charge in [-0.3, -0.25) is 0 Å². The maximum absolute atomic E-state index is 13.0. The van der Waals surface area contributed by atoms with E-state index in [-0.39, 0.29) is 42.0 Å². The van der Waals surface area contributed by atoms with Crippen LogP contribution in [0.1, 0.15) is 26.3 Å². The highest BCUT2D eigenvalue weighted by Gasteiger charge is 2.18. The molecule has 1 aromatic carbocycles. The molecule has 1 saturated heterocycles. The number of aliphatic imine (C=N–C) groups is 1. The smallest absolute Gasteiger partial charge is 0.191 e. The van der Waals surface area contributed by atoms with Crippen molar-refractivity contribution in [3.05, 3.63) is 54.0 Å². The van der Waals surface area contributed by atoms with Gasteiger partial charge < -0.3 is 25.0 Å². The minimum atomic E-state index is -0.276. The van der Waals surface area contributed by atoms with Gasteiger partial charge in [0.05, 0.1) is 25.8 Å². The number of halogens is 2. The lowest BCUT2D eigenvalue weighted by Gasteiger charge is -2.32. The number of hydrogen-bond donors (Lipinski definition) is 2. The highest BCUT2D eigenvalue weighted by Crippen LogP contribution is 2.17. The summed E-state index contributed by atoms with van der Waals surface area (Å²) in [6.45, 7) is 10.3. The average Bonchev–Trinajstić information content (AvgIpc) is 2.77. The Hall–Kier alpha value is -2.14. The number of benzene rings is 1. The monoisotopic (exact) mass is 557 g/mol. The summed E-state index contributed by atoms with van der Waals surface area (Å²) >= 11 is 0. The summed E-state index contributed by atoms with van der Waals surface area (Å²) in [4.78, 5) is 11.5. The molecule has 1 aromatic heterocycles. The van der Waals surface area contributed by atoms with Gasteiger partial charge in [0.25, 0.3) is 0 Å². The molecule has 9 heteroatoms. The molecule has 0 spiro atoms. The first-order valence-corrected chi connectivity index (χ1v) is 10.8. The molecule has 1 aliphatic rings. The van der Waals surface area contributed by atoms with E-state index in [0.29, 0.717) is 18.8 Å². The molecular weight excluding hydrogens is 524 g/mol. The Morgan fingerprint density at radius 3 is 2.81 bits per heavy atom. The van der Waals surface area contributed by atoms with Crippen molar-refractivity contribution >= 4 is 35.8 Å². The van der Waals surface area contributed by atoms with Gasteiger partial charge in [-0.2, -0.15) is 0 Å². The minimum Gasteiger partial charge on any atom is -0.489 e. The molecule has 1 fully saturated rings. The molecule has 0 saturated carbocycles. The standard InChI is InChI=1S/C23H32FN5O2.HI/c1-4-25-23(27-14-17(2)31-21-7-5-20(24)6-8-21)28-15-19-9-10-26-22(13-19)29-11-12-30-18(3)16-29;/h5-10,13,17-18H,4,11-12,14-16H2,1-3H3,(H2,25,27,28);1H. The third-order valence-corrected chi connectivity index (χ3v) is 4.85. The molecular formula is C23H33FIN5O2. The molecule has 176 valence electrons. The summed E-state index contributed by atoms with van der Waals surface area (Å²) in [6.07, 6.45) is 1.94. The van der Waals surface area contributed by atoms with Crippen LogP contribution in [0.2, 0.25) is 0 Å². The quantitative estimate of drug-likeness (QED) is 0.294. The molecule has 0 amide bonds. The van der Waals surface area contributed by atoms with E-state index in [9.17, 15) is 4.39 Å². The van der Waals surface area contributed by atoms with Gasteiger partial charge in [0.15, 0.2) is 5.96 Å². The molecule has 3 rings (SSSR count). The number of nitrogens with one attached hydrogen (secondary N) is 2. The molecule has 2 heterocycles. The van der Waals surface area contributed by atoms with Crippen molar-refractivity contribution in [3.63, 3.8) is 0 Å². The number of rotatable bonds is 8. The summed E-state index contributed by atoms with van der Waals surface area (Å²) in [5, 5.41) is 6.56. The number of anilines is 1. The second-order valence-electron chi connectivity index (χ2n) is 7.61. The number of nitrogens with zero attached hydrogens (tertiary/aromatic N) is 3. The highest BCUT2D eigenvalue weighted by molar-refractivity contribution is 14.0. The Labute approximate surface area is 206 Å². The minimum absolute atomic E-state index is 0. The largest absolute Gasteiger partial charge is 0.489 e. The zero-order chi connectivity index (χ0) is 22.1. The van der Waals surface area contributed by atoms with E-state index in [1.807, 2.05) is 26.1 Å². The van der Waals surface area contributed by atoms with Gasteiger partial charge in [-0.15, -0.1) is 24.0 Å². The zero-order valence-electron chi connectivity index (χ0n) is 18.9. The van der Waals surface area contributed by atoms with Crippen LogP contribution < -0.4 is 20.3 Å². The first-order valence-electron chi connectivity index (χ1n) is 10.8. The number of hydrogen-bond acceptors (Lipinski definition) is 5. The van der Waals surface area contributed by atoms with Crippen molar-refractivity contribution in [2.75, 3.05) is 37.7 Å². The van der Waals surface area contributed by atoms with Crippen LogP contribution in [0, 0.1) is 5.82 Å². The van der Waals surface area contributed by atoms with Crippen molar-refractivity contribution in [1.82, 2.24) is 15.6 Å². The fourth-order valence-electron chi connectivity index (χ4n) is 3.30. The predicted molar refractivity (Wildman–Crippen MR) is 137 cm³/mol. The van der Waals surface area contributed by atoms with Crippen molar-refractivity contribution < 1.29 is 13.9 Å². The molecule has 2 atom stereocenters. The SMILES string of the molecule is CCNC(=NCc1ccnc(N2CCOC(C)C2)c1)NCC(C)Oc1ccc(F)cc1.I. The lowest BCUT2D eigenvalue weighted by atomic mass is 10.2. The van der Waals surface area contributed by atoms with Crippen LogP contribution in [0.5, 0.6) is 5.75 Å². The van der Waals surface area contributed by atoms with E-state index in [1.165, 1.54) is 12.1 Å². The number of aromatic nitrogens is 1. The van der Waals surface area contributed by atoms with Gasteiger partial charge >= 0.3 is 0 Å². The van der Waals surface area contributed by atoms with Gasteiger partial charge in [-0.1, -0.05) is 0 Å². The topological polar surface area (TPSA) is 71.0 Å². The summed E-state index contributed by atoms with van der Waals surface area (Å²) < 4.78 is 24.5. The van der Waals surface area contributed by atoms with E-state index in [2.05, 4.69) is 33.5 Å². The average molecular weight is 557 g/mol. The highest BCUT2D eigenvalue weighted by atomic mass is 127. The fraction of sp³-hybridized carbons (Fsp3) is 0.478. The third kappa shape index (κ3) is 8.42. The second-order valence-corrected chi connectivity index (χ2v) is 7.61. The Kier molecular flexibility index (Phi) is 10.9. The van der Waals surface area contributed by atoms with Gasteiger partial charge in [0.1, 0.15) is 23.5 Å². The Balaban J connectivity index is 0.00000363. The molecule has 2 unspecified atom stereocenters. The van der Waals surface area contributed by atoms with Gasteiger partial charge in [0.2, 0.25) is 0 Å². The maximum atomic E-state index is 13.0. The van der Waals surface area contributed by atoms with Crippen LogP contribution in [0.4, 0.5) is 10.2 Å². The van der Waals surface area contributed by atoms with E-state index in [4.69, 9.17) is 14.5 Å². The Morgan fingerprint density at radius 2 is 2.09 bits per heavy atom. The molecule has 1 aliphatic heterocycles. The number of morpholine rings is 1. The fourth-order valence-corrected chi connectivity index (χ4v) is 3.30. The molecule has 2 N–H and O–H groups in total. The second kappa shape index (κ2) is 13.4. The summed E-state index contributed by atoms with van der Waals surface area (Å²) in [5.41, 5.74) is 1.09. The van der Waals surface area contributed by atoms with E-state index < -0.39 is 0 Å². The first kappa shape index (κ1) is 26.1. The molecule has 0 bridgehead atoms. The number of guanidine groups is 1. The van der Waals surface area contributed by atoms with Crippen LogP contribution >= 0.6 is 24.0 Å². The maximum Gasteiger partial charge on any atom is 0.191 e. The molecule has 32 heavy (non-hydrogen) atoms. The van der Waals surface area contributed by atoms with Crippen LogP contribution in [0.25, 0.3) is 0 Å². The lowest BCUT2D eigenvalue weighted by molar-refractivity contribution is 0.0529. The van der Waals surface area contributed by atoms with Gasteiger partial charge in [0, 0.05) is 25.8 Å². The van der Waals surface area contributed by atoms with E-state index >= 15 is 0 Å². The third-order valence-electron chi connectivity index (χ3n) is 4.85. The van der Waals surface area contributed by atoms with Crippen molar-refractivity contribution in [2.45, 2.75) is 39.5 Å². The van der Waals surface area contributed by atoms with Crippen LogP contribution in [-0.4, -0.2) is 55.9 Å². The Bertz CT molecular complexity index is 853. The van der Waals surface area contributed by atoms with E-state index in [1.54, 1.807) is 12.1 Å². The Morgan fingerprint density at radius 1 is 1.31 bits per heavy atom. The first-order chi connectivity index (χ1) is 15.0. The van der Waals surface area contributed by atoms with Crippen molar-refractivity contribution in [1.29, 1.82) is 0 Å². The van der Waals surface area contributed by atoms with Crippen LogP contribution in [0.3, 0.4) is 0 Å². The molecule has 7 nitrogen and oxygen atoms in total. The molecule has 2 aromatic rings. The van der Waals surface area contributed by atoms with Gasteiger partial charge in [-0.25, -0.2) is 14.4 Å². The number of pyridine rings is 1. The predicted octanol–water partition coefficient (Wildman–Crippen LogP) is 3.59. The molecule has 0 radical (unpaired) electrons. The van der Waals surface area contributed by atoms with Crippen LogP contribution in [-0.2, 0) is 11.3 Å². The summed E-state index contributed by atoms with van der Waals surface area (Å²) in [7, 11) is 0. The summed E-state index contributed by atoms with van der Waals surface area (Å²) in [5.74, 6) is 2.04. The number of ether oxygens (including phenoxy) is 2. The normalized spacial score (nSPS) is 17.3. The van der Waals surface area contributed by atoms with Crippen LogP contribution in [0.15, 0.2) is 47.6 Å². The van der Waals surface area contributed by atoms with E-state index in [0.717, 1.165) is 43.6 Å². The van der Waals surface area contributed by atoms with Gasteiger partial charge in [-0.05, 0) is 62.7 Å².